The lowest BCUT2D eigenvalue weighted by Crippen LogP contribution is -2.26. The second-order valence-electron chi connectivity index (χ2n) is 5.23. The predicted molar refractivity (Wildman–Crippen MR) is 75.7 cm³/mol. The van der Waals surface area contributed by atoms with Gasteiger partial charge in [0, 0.05) is 30.2 Å². The number of hydrogen-bond donors (Lipinski definition) is 2. The molecule has 0 saturated carbocycles. The SMILES string of the molecule is CNC(c1cn(C)c2ccccc12)C1CCNC1. The summed E-state index contributed by atoms with van der Waals surface area (Å²) in [5.41, 5.74) is 2.75. The fourth-order valence-electron chi connectivity index (χ4n) is 3.23. The van der Waals surface area contributed by atoms with E-state index in [1.165, 1.54) is 22.9 Å². The molecule has 1 aliphatic heterocycles. The lowest BCUT2D eigenvalue weighted by Gasteiger charge is -2.22. The van der Waals surface area contributed by atoms with Gasteiger partial charge in [0.05, 0.1) is 0 Å². The van der Waals surface area contributed by atoms with Crippen molar-refractivity contribution in [3.05, 3.63) is 36.0 Å². The van der Waals surface area contributed by atoms with E-state index < -0.39 is 0 Å². The van der Waals surface area contributed by atoms with E-state index in [0.717, 1.165) is 13.1 Å². The Bertz CT molecular complexity index is 538. The Labute approximate surface area is 108 Å². The highest BCUT2D eigenvalue weighted by Gasteiger charge is 2.27. The second-order valence-corrected chi connectivity index (χ2v) is 5.23. The molecule has 0 radical (unpaired) electrons. The largest absolute Gasteiger partial charge is 0.350 e. The van der Waals surface area contributed by atoms with Crippen LogP contribution in [0.4, 0.5) is 0 Å². The number of para-hydroxylation sites is 1. The first-order valence-corrected chi connectivity index (χ1v) is 6.73. The van der Waals surface area contributed by atoms with Crippen molar-refractivity contribution in [3.63, 3.8) is 0 Å². The minimum Gasteiger partial charge on any atom is -0.350 e. The minimum absolute atomic E-state index is 0.450. The van der Waals surface area contributed by atoms with Crippen LogP contribution in [0.5, 0.6) is 0 Å². The molecule has 0 bridgehead atoms. The zero-order valence-corrected chi connectivity index (χ0v) is 11.1. The van der Waals surface area contributed by atoms with Crippen molar-refractivity contribution in [2.45, 2.75) is 12.5 Å². The Balaban J connectivity index is 2.06. The summed E-state index contributed by atoms with van der Waals surface area (Å²) in [7, 11) is 4.20. The van der Waals surface area contributed by atoms with Gasteiger partial charge in [-0.3, -0.25) is 0 Å². The van der Waals surface area contributed by atoms with Crippen LogP contribution in [0, 0.1) is 5.92 Å². The molecule has 1 saturated heterocycles. The number of hydrogen-bond acceptors (Lipinski definition) is 2. The summed E-state index contributed by atoms with van der Waals surface area (Å²) in [6, 6.07) is 9.12. The Morgan fingerprint density at radius 1 is 1.39 bits per heavy atom. The molecule has 0 amide bonds. The van der Waals surface area contributed by atoms with E-state index in [1.54, 1.807) is 0 Å². The van der Waals surface area contributed by atoms with Crippen LogP contribution in [0.25, 0.3) is 10.9 Å². The number of rotatable bonds is 3. The molecule has 1 aromatic heterocycles. The van der Waals surface area contributed by atoms with Gasteiger partial charge < -0.3 is 15.2 Å². The van der Waals surface area contributed by atoms with Gasteiger partial charge in [0.15, 0.2) is 0 Å². The molecule has 18 heavy (non-hydrogen) atoms. The van der Waals surface area contributed by atoms with E-state index in [4.69, 9.17) is 0 Å². The standard InChI is InChI=1S/C15H21N3/c1-16-15(11-7-8-17-9-11)13-10-18(2)14-6-4-3-5-12(13)14/h3-6,10-11,15-17H,7-9H2,1-2H3. The highest BCUT2D eigenvalue weighted by Crippen LogP contribution is 2.32. The first-order chi connectivity index (χ1) is 8.81. The molecule has 96 valence electrons. The van der Waals surface area contributed by atoms with Crippen molar-refractivity contribution in [2.24, 2.45) is 13.0 Å². The fourth-order valence-corrected chi connectivity index (χ4v) is 3.23. The average molecular weight is 243 g/mol. The molecule has 2 heterocycles. The molecular formula is C15H21N3. The summed E-state index contributed by atoms with van der Waals surface area (Å²) in [6.45, 7) is 2.27. The maximum Gasteiger partial charge on any atom is 0.0481 e. The van der Waals surface area contributed by atoms with Crippen molar-refractivity contribution < 1.29 is 0 Å². The summed E-state index contributed by atoms with van der Waals surface area (Å²) in [5, 5.41) is 8.36. The topological polar surface area (TPSA) is 29.0 Å². The van der Waals surface area contributed by atoms with Crippen LogP contribution in [-0.2, 0) is 7.05 Å². The quantitative estimate of drug-likeness (QED) is 0.864. The van der Waals surface area contributed by atoms with Crippen molar-refractivity contribution in [2.75, 3.05) is 20.1 Å². The highest BCUT2D eigenvalue weighted by atomic mass is 15.0. The van der Waals surface area contributed by atoms with E-state index in [2.05, 4.69) is 59.8 Å². The lowest BCUT2D eigenvalue weighted by molar-refractivity contribution is 0.412. The highest BCUT2D eigenvalue weighted by molar-refractivity contribution is 5.84. The van der Waals surface area contributed by atoms with Crippen molar-refractivity contribution in [1.82, 2.24) is 15.2 Å². The number of nitrogens with zero attached hydrogens (tertiary/aromatic N) is 1. The molecule has 1 aromatic carbocycles. The fraction of sp³-hybridized carbons (Fsp3) is 0.467. The van der Waals surface area contributed by atoms with E-state index in [0.29, 0.717) is 12.0 Å². The molecule has 3 heteroatoms. The van der Waals surface area contributed by atoms with Crippen molar-refractivity contribution >= 4 is 10.9 Å². The van der Waals surface area contributed by atoms with Gasteiger partial charge in [-0.25, -0.2) is 0 Å². The van der Waals surface area contributed by atoms with Gasteiger partial charge in [-0.2, -0.15) is 0 Å². The second kappa shape index (κ2) is 4.75. The Hall–Kier alpha value is -1.32. The zero-order chi connectivity index (χ0) is 12.5. The molecule has 2 N–H and O–H groups in total. The summed E-state index contributed by atoms with van der Waals surface area (Å²) in [6.07, 6.45) is 3.54. The molecule has 1 fully saturated rings. The number of benzene rings is 1. The Kier molecular flexibility index (Phi) is 3.10. The number of fused-ring (bicyclic) bond motifs is 1. The van der Waals surface area contributed by atoms with Gasteiger partial charge in [-0.15, -0.1) is 0 Å². The van der Waals surface area contributed by atoms with E-state index >= 15 is 0 Å². The molecule has 1 aliphatic rings. The monoisotopic (exact) mass is 243 g/mol. The molecule has 2 atom stereocenters. The first-order valence-electron chi connectivity index (χ1n) is 6.73. The van der Waals surface area contributed by atoms with Crippen LogP contribution < -0.4 is 10.6 Å². The molecular weight excluding hydrogens is 222 g/mol. The van der Waals surface area contributed by atoms with Crippen LogP contribution in [0.1, 0.15) is 18.0 Å². The van der Waals surface area contributed by atoms with Crippen LogP contribution in [-0.4, -0.2) is 24.7 Å². The van der Waals surface area contributed by atoms with Crippen LogP contribution in [0.2, 0.25) is 0 Å². The third-order valence-electron chi connectivity index (χ3n) is 4.14. The van der Waals surface area contributed by atoms with Crippen LogP contribution >= 0.6 is 0 Å². The zero-order valence-electron chi connectivity index (χ0n) is 11.1. The molecule has 3 rings (SSSR count). The summed E-state index contributed by atoms with van der Waals surface area (Å²) < 4.78 is 2.23. The lowest BCUT2D eigenvalue weighted by atomic mass is 9.92. The smallest absolute Gasteiger partial charge is 0.0481 e. The third kappa shape index (κ3) is 1.84. The Morgan fingerprint density at radius 3 is 2.94 bits per heavy atom. The number of aryl methyl sites for hydroxylation is 1. The number of nitrogens with one attached hydrogen (secondary N) is 2. The maximum atomic E-state index is 3.51. The summed E-state index contributed by atoms with van der Waals surface area (Å²) in [4.78, 5) is 0. The average Bonchev–Trinajstić information content (AvgIpc) is 3.01. The van der Waals surface area contributed by atoms with Gasteiger partial charge in [0.1, 0.15) is 0 Å². The van der Waals surface area contributed by atoms with Gasteiger partial charge in [0.25, 0.3) is 0 Å². The molecule has 3 nitrogen and oxygen atoms in total. The van der Waals surface area contributed by atoms with Gasteiger partial charge >= 0.3 is 0 Å². The maximum absolute atomic E-state index is 3.51. The summed E-state index contributed by atoms with van der Waals surface area (Å²) >= 11 is 0. The van der Waals surface area contributed by atoms with Crippen molar-refractivity contribution in [1.29, 1.82) is 0 Å². The molecule has 0 spiro atoms. The van der Waals surface area contributed by atoms with Crippen molar-refractivity contribution in [3.8, 4) is 0 Å². The first kappa shape index (κ1) is 11.8. The normalized spacial score (nSPS) is 21.6. The van der Waals surface area contributed by atoms with Gasteiger partial charge in [0.2, 0.25) is 0 Å². The van der Waals surface area contributed by atoms with E-state index in [9.17, 15) is 0 Å². The molecule has 0 aliphatic carbocycles. The minimum atomic E-state index is 0.450. The van der Waals surface area contributed by atoms with Crippen LogP contribution in [0.15, 0.2) is 30.5 Å². The van der Waals surface area contributed by atoms with Gasteiger partial charge in [-0.1, -0.05) is 18.2 Å². The van der Waals surface area contributed by atoms with Crippen LogP contribution in [0.3, 0.4) is 0 Å². The number of aromatic nitrogens is 1. The van der Waals surface area contributed by atoms with E-state index in [-0.39, 0.29) is 0 Å². The third-order valence-corrected chi connectivity index (χ3v) is 4.14. The van der Waals surface area contributed by atoms with E-state index in [1.807, 2.05) is 0 Å². The molecule has 2 aromatic rings. The molecule has 2 unspecified atom stereocenters. The van der Waals surface area contributed by atoms with Gasteiger partial charge in [-0.05, 0) is 44.1 Å². The summed E-state index contributed by atoms with van der Waals surface area (Å²) in [5.74, 6) is 0.695. The Morgan fingerprint density at radius 2 is 2.22 bits per heavy atom. The predicted octanol–water partition coefficient (Wildman–Crippen LogP) is 2.05.